The fourth-order valence-corrected chi connectivity index (χ4v) is 4.48. The monoisotopic (exact) mass is 332 g/mol. The van der Waals surface area contributed by atoms with Crippen LogP contribution in [0.25, 0.3) is 0 Å². The molecule has 21 heavy (non-hydrogen) atoms. The lowest BCUT2D eigenvalue weighted by atomic mass is 10.1. The molecule has 0 bridgehead atoms. The van der Waals surface area contributed by atoms with E-state index in [1.54, 1.807) is 13.0 Å². The summed E-state index contributed by atoms with van der Waals surface area (Å²) in [5.74, 6) is -0.321. The van der Waals surface area contributed by atoms with Crippen LogP contribution in [0.5, 0.6) is 0 Å². The fraction of sp³-hybridized carbons (Fsp3) is 0.538. The Labute approximate surface area is 128 Å². The van der Waals surface area contributed by atoms with Gasteiger partial charge in [-0.3, -0.25) is 4.79 Å². The normalized spacial score (nSPS) is 20.4. The maximum absolute atomic E-state index is 12.6. The van der Waals surface area contributed by atoms with Crippen LogP contribution in [0.1, 0.15) is 22.5 Å². The summed E-state index contributed by atoms with van der Waals surface area (Å²) >= 11 is 5.85. The van der Waals surface area contributed by atoms with Gasteiger partial charge >= 0.3 is 0 Å². The van der Waals surface area contributed by atoms with Gasteiger partial charge in [-0.15, -0.1) is 0 Å². The van der Waals surface area contributed by atoms with E-state index in [2.05, 4.69) is 4.98 Å². The van der Waals surface area contributed by atoms with Crippen molar-refractivity contribution in [3.63, 3.8) is 0 Å². The number of pyridine rings is 1. The Kier molecular flexibility index (Phi) is 4.85. The van der Waals surface area contributed by atoms with E-state index in [1.165, 1.54) is 11.0 Å². The van der Waals surface area contributed by atoms with E-state index in [0.29, 0.717) is 17.7 Å². The number of carbonyl (C=O) groups is 1. The molecule has 1 atom stereocenters. The molecule has 0 aliphatic carbocycles. The first-order valence-corrected chi connectivity index (χ1v) is 8.79. The van der Waals surface area contributed by atoms with Gasteiger partial charge in [0.05, 0.1) is 18.1 Å². The van der Waals surface area contributed by atoms with Crippen molar-refractivity contribution in [3.8, 4) is 0 Å². The molecule has 0 radical (unpaired) electrons. The number of aliphatic hydroxyl groups is 1. The topological polar surface area (TPSA) is 87.6 Å². The molecule has 2 heterocycles. The molecule has 6 nitrogen and oxygen atoms in total. The highest BCUT2D eigenvalue weighted by Gasteiger charge is 2.34. The van der Waals surface area contributed by atoms with Crippen LogP contribution >= 0.6 is 11.6 Å². The molecule has 0 saturated carbocycles. The van der Waals surface area contributed by atoms with E-state index in [0.717, 1.165) is 0 Å². The van der Waals surface area contributed by atoms with Crippen molar-refractivity contribution in [1.82, 2.24) is 9.88 Å². The molecule has 0 aromatic carbocycles. The quantitative estimate of drug-likeness (QED) is 0.819. The zero-order chi connectivity index (χ0) is 15.6. The molecule has 1 aliphatic heterocycles. The highest BCUT2D eigenvalue weighted by molar-refractivity contribution is 7.91. The standard InChI is InChI=1S/C13H17ClN2O4S/c1-9-6-10(7-12(14)15-9)13(18)16(3-4-17)11-2-5-21(19,20)8-11/h6-7,11,17H,2-5,8H2,1H3. The molecule has 1 fully saturated rings. The fourth-order valence-electron chi connectivity index (χ4n) is 2.50. The van der Waals surface area contributed by atoms with Crippen molar-refractivity contribution in [3.05, 3.63) is 28.5 Å². The van der Waals surface area contributed by atoms with Crippen molar-refractivity contribution in [2.45, 2.75) is 19.4 Å². The van der Waals surface area contributed by atoms with E-state index in [9.17, 15) is 13.2 Å². The second-order valence-electron chi connectivity index (χ2n) is 5.10. The van der Waals surface area contributed by atoms with E-state index >= 15 is 0 Å². The van der Waals surface area contributed by atoms with E-state index in [1.807, 2.05) is 0 Å². The average Bonchev–Trinajstić information content (AvgIpc) is 2.74. The van der Waals surface area contributed by atoms with Gasteiger partial charge in [-0.25, -0.2) is 13.4 Å². The van der Waals surface area contributed by atoms with Crippen molar-refractivity contribution >= 4 is 27.3 Å². The molecule has 1 amide bonds. The van der Waals surface area contributed by atoms with Crippen molar-refractivity contribution in [2.24, 2.45) is 0 Å². The predicted molar refractivity (Wildman–Crippen MR) is 79.2 cm³/mol. The number of hydrogen-bond acceptors (Lipinski definition) is 5. The van der Waals surface area contributed by atoms with E-state index in [4.69, 9.17) is 16.7 Å². The smallest absolute Gasteiger partial charge is 0.254 e. The van der Waals surface area contributed by atoms with Gasteiger partial charge in [-0.1, -0.05) is 11.6 Å². The number of sulfone groups is 1. The Bertz CT molecular complexity index is 627. The molecule has 8 heteroatoms. The number of carbonyl (C=O) groups excluding carboxylic acids is 1. The van der Waals surface area contributed by atoms with Gasteiger partial charge in [0, 0.05) is 23.8 Å². The lowest BCUT2D eigenvalue weighted by molar-refractivity contribution is 0.0655. The minimum Gasteiger partial charge on any atom is -0.395 e. The van der Waals surface area contributed by atoms with Crippen molar-refractivity contribution in [1.29, 1.82) is 0 Å². The number of aromatic nitrogens is 1. The Balaban J connectivity index is 2.27. The molecule has 1 saturated heterocycles. The lowest BCUT2D eigenvalue weighted by Crippen LogP contribution is -2.42. The second-order valence-corrected chi connectivity index (χ2v) is 7.71. The molecule has 1 aromatic heterocycles. The van der Waals surface area contributed by atoms with Crippen LogP contribution in [0.3, 0.4) is 0 Å². The lowest BCUT2D eigenvalue weighted by Gasteiger charge is -2.27. The number of aryl methyl sites for hydroxylation is 1. The number of hydrogen-bond donors (Lipinski definition) is 1. The van der Waals surface area contributed by atoms with Crippen LogP contribution in [-0.2, 0) is 9.84 Å². The first-order chi connectivity index (χ1) is 9.82. The molecular formula is C13H17ClN2O4S. The van der Waals surface area contributed by atoms with Gasteiger partial charge in [0.2, 0.25) is 0 Å². The van der Waals surface area contributed by atoms with Gasteiger partial charge in [0.15, 0.2) is 9.84 Å². The van der Waals surface area contributed by atoms with Crippen LogP contribution in [0.2, 0.25) is 5.15 Å². The average molecular weight is 333 g/mol. The number of halogens is 1. The van der Waals surface area contributed by atoms with Crippen LogP contribution in [0.15, 0.2) is 12.1 Å². The zero-order valence-corrected chi connectivity index (χ0v) is 13.2. The van der Waals surface area contributed by atoms with Crippen LogP contribution < -0.4 is 0 Å². The summed E-state index contributed by atoms with van der Waals surface area (Å²) in [4.78, 5) is 18.0. The minimum absolute atomic E-state index is 0.0590. The van der Waals surface area contributed by atoms with Crippen molar-refractivity contribution < 1.29 is 18.3 Å². The maximum atomic E-state index is 12.6. The van der Waals surface area contributed by atoms with Gasteiger partial charge in [0.25, 0.3) is 5.91 Å². The molecule has 1 unspecified atom stereocenters. The largest absolute Gasteiger partial charge is 0.395 e. The third-order valence-electron chi connectivity index (χ3n) is 3.42. The van der Waals surface area contributed by atoms with E-state index in [-0.39, 0.29) is 35.7 Å². The molecular weight excluding hydrogens is 316 g/mol. The predicted octanol–water partition coefficient (Wildman–Crippen LogP) is 0.665. The first kappa shape index (κ1) is 16.2. The second kappa shape index (κ2) is 6.29. The number of amides is 1. The van der Waals surface area contributed by atoms with Crippen molar-refractivity contribution in [2.75, 3.05) is 24.7 Å². The molecule has 2 rings (SSSR count). The van der Waals surface area contributed by atoms with E-state index < -0.39 is 15.9 Å². The number of nitrogens with zero attached hydrogens (tertiary/aromatic N) is 2. The summed E-state index contributed by atoms with van der Waals surface area (Å²) in [6.07, 6.45) is 0.395. The first-order valence-electron chi connectivity index (χ1n) is 6.59. The Morgan fingerprint density at radius 1 is 1.52 bits per heavy atom. The Hall–Kier alpha value is -1.18. The summed E-state index contributed by atoms with van der Waals surface area (Å²) in [5.41, 5.74) is 0.957. The molecule has 0 spiro atoms. The Morgan fingerprint density at radius 2 is 2.24 bits per heavy atom. The summed E-state index contributed by atoms with van der Waals surface area (Å²) in [6.45, 7) is 1.59. The van der Waals surface area contributed by atoms with Crippen LogP contribution in [0.4, 0.5) is 0 Å². The summed E-state index contributed by atoms with van der Waals surface area (Å²) in [6, 6.07) is 2.65. The highest BCUT2D eigenvalue weighted by Crippen LogP contribution is 2.21. The van der Waals surface area contributed by atoms with Crippen LogP contribution in [0, 0.1) is 6.92 Å². The number of rotatable bonds is 4. The van der Waals surface area contributed by atoms with Gasteiger partial charge in [-0.2, -0.15) is 0 Å². The zero-order valence-electron chi connectivity index (χ0n) is 11.6. The summed E-state index contributed by atoms with van der Waals surface area (Å²) < 4.78 is 23.2. The molecule has 116 valence electrons. The summed E-state index contributed by atoms with van der Waals surface area (Å²) in [5, 5.41) is 9.36. The summed E-state index contributed by atoms with van der Waals surface area (Å²) in [7, 11) is -3.10. The third-order valence-corrected chi connectivity index (χ3v) is 5.36. The molecule has 1 aromatic rings. The molecule has 1 N–H and O–H groups in total. The number of aliphatic hydroxyl groups excluding tert-OH is 1. The molecule has 1 aliphatic rings. The third kappa shape index (κ3) is 3.93. The van der Waals surface area contributed by atoms with Crippen LogP contribution in [-0.4, -0.2) is 60.0 Å². The SMILES string of the molecule is Cc1cc(C(=O)N(CCO)C2CCS(=O)(=O)C2)cc(Cl)n1. The van der Waals surface area contributed by atoms with Gasteiger partial charge < -0.3 is 10.0 Å². The Morgan fingerprint density at radius 3 is 2.76 bits per heavy atom. The van der Waals surface area contributed by atoms with Gasteiger partial charge in [-0.05, 0) is 25.5 Å². The maximum Gasteiger partial charge on any atom is 0.254 e. The van der Waals surface area contributed by atoms with Gasteiger partial charge in [0.1, 0.15) is 5.15 Å². The minimum atomic E-state index is -3.10. The highest BCUT2D eigenvalue weighted by atomic mass is 35.5.